The number of benzene rings is 1. The van der Waals surface area contributed by atoms with Crippen molar-refractivity contribution >= 4 is 28.9 Å². The fourth-order valence-electron chi connectivity index (χ4n) is 2.90. The van der Waals surface area contributed by atoms with Gasteiger partial charge in [0.25, 0.3) is 0 Å². The number of anilines is 3. The predicted molar refractivity (Wildman–Crippen MR) is 96.9 cm³/mol. The molecule has 2 aromatic rings. The van der Waals surface area contributed by atoms with Gasteiger partial charge in [0.15, 0.2) is 0 Å². The lowest BCUT2D eigenvalue weighted by atomic mass is 9.99. The molecule has 1 aliphatic rings. The van der Waals surface area contributed by atoms with Gasteiger partial charge in [0.1, 0.15) is 17.5 Å². The zero-order valence-electron chi connectivity index (χ0n) is 13.9. The minimum Gasteiger partial charge on any atom is -0.356 e. The second-order valence-corrected chi connectivity index (χ2v) is 6.77. The van der Waals surface area contributed by atoms with E-state index in [2.05, 4.69) is 27.1 Å². The third-order valence-corrected chi connectivity index (χ3v) is 4.87. The van der Waals surface area contributed by atoms with Crippen molar-refractivity contribution in [2.24, 2.45) is 5.92 Å². The first-order valence-corrected chi connectivity index (χ1v) is 8.53. The molecule has 0 atom stereocenters. The van der Waals surface area contributed by atoms with Crippen LogP contribution >= 0.6 is 11.6 Å². The zero-order chi connectivity index (χ0) is 16.4. The van der Waals surface area contributed by atoms with Gasteiger partial charge in [-0.15, -0.1) is 0 Å². The van der Waals surface area contributed by atoms with Crippen LogP contribution in [0.1, 0.15) is 31.2 Å². The predicted octanol–water partition coefficient (Wildman–Crippen LogP) is 4.73. The van der Waals surface area contributed by atoms with Gasteiger partial charge in [0.05, 0.1) is 0 Å². The summed E-state index contributed by atoms with van der Waals surface area (Å²) in [5, 5.41) is 4.14. The smallest absolute Gasteiger partial charge is 0.136 e. The molecule has 0 amide bonds. The van der Waals surface area contributed by atoms with Crippen molar-refractivity contribution in [2.75, 3.05) is 23.3 Å². The van der Waals surface area contributed by atoms with E-state index in [1.54, 1.807) is 0 Å². The van der Waals surface area contributed by atoms with Crippen LogP contribution in [0.15, 0.2) is 24.3 Å². The Labute approximate surface area is 142 Å². The number of hydrogen-bond donors (Lipinski definition) is 1. The van der Waals surface area contributed by atoms with Crippen molar-refractivity contribution in [1.82, 2.24) is 9.97 Å². The van der Waals surface area contributed by atoms with Crippen LogP contribution in [0.4, 0.5) is 17.3 Å². The minimum absolute atomic E-state index is 0.756. The molecule has 0 saturated carbocycles. The van der Waals surface area contributed by atoms with Gasteiger partial charge < -0.3 is 10.2 Å². The molecule has 1 aromatic heterocycles. The van der Waals surface area contributed by atoms with E-state index in [9.17, 15) is 0 Å². The molecule has 1 aliphatic heterocycles. The maximum Gasteiger partial charge on any atom is 0.136 e. The zero-order valence-corrected chi connectivity index (χ0v) is 14.7. The third-order valence-electron chi connectivity index (χ3n) is 4.46. The fourth-order valence-corrected chi connectivity index (χ4v) is 3.07. The van der Waals surface area contributed by atoms with Crippen molar-refractivity contribution in [1.29, 1.82) is 0 Å². The summed E-state index contributed by atoms with van der Waals surface area (Å²) in [5.41, 5.74) is 2.01. The van der Waals surface area contributed by atoms with Crippen LogP contribution in [0.2, 0.25) is 5.02 Å². The van der Waals surface area contributed by atoms with Crippen LogP contribution in [0.25, 0.3) is 0 Å². The maximum atomic E-state index is 6.20. The van der Waals surface area contributed by atoms with Crippen LogP contribution in [0, 0.1) is 19.8 Å². The van der Waals surface area contributed by atoms with Crippen LogP contribution in [0.3, 0.4) is 0 Å². The van der Waals surface area contributed by atoms with Crippen LogP contribution in [-0.4, -0.2) is 23.1 Å². The fraction of sp³-hybridized carbons (Fsp3) is 0.444. The number of hydrogen-bond acceptors (Lipinski definition) is 4. The topological polar surface area (TPSA) is 41.1 Å². The van der Waals surface area contributed by atoms with Gasteiger partial charge in [-0.1, -0.05) is 24.6 Å². The molecular weight excluding hydrogens is 308 g/mol. The summed E-state index contributed by atoms with van der Waals surface area (Å²) < 4.78 is 0. The van der Waals surface area contributed by atoms with Crippen LogP contribution < -0.4 is 10.2 Å². The summed E-state index contributed by atoms with van der Waals surface area (Å²) in [7, 11) is 0. The first-order chi connectivity index (χ1) is 11.0. The van der Waals surface area contributed by atoms with E-state index >= 15 is 0 Å². The lowest BCUT2D eigenvalue weighted by molar-refractivity contribution is 0.436. The molecule has 1 aromatic carbocycles. The van der Waals surface area contributed by atoms with Crippen LogP contribution in [-0.2, 0) is 0 Å². The number of halogens is 1. The Morgan fingerprint density at radius 1 is 1.17 bits per heavy atom. The first kappa shape index (κ1) is 16.1. The normalized spacial score (nSPS) is 15.7. The molecule has 122 valence electrons. The highest BCUT2D eigenvalue weighted by atomic mass is 35.5. The Hall–Kier alpha value is -1.81. The maximum absolute atomic E-state index is 6.20. The molecule has 0 radical (unpaired) electrons. The summed E-state index contributed by atoms with van der Waals surface area (Å²) in [4.78, 5) is 11.5. The van der Waals surface area contributed by atoms with Gasteiger partial charge in [0.2, 0.25) is 0 Å². The number of piperidine rings is 1. The molecule has 5 heteroatoms. The van der Waals surface area contributed by atoms with E-state index in [-0.39, 0.29) is 0 Å². The Morgan fingerprint density at radius 3 is 2.65 bits per heavy atom. The van der Waals surface area contributed by atoms with Gasteiger partial charge >= 0.3 is 0 Å². The third kappa shape index (κ3) is 3.75. The van der Waals surface area contributed by atoms with Crippen molar-refractivity contribution in [3.05, 3.63) is 40.7 Å². The highest BCUT2D eigenvalue weighted by molar-refractivity contribution is 6.31. The molecule has 1 fully saturated rings. The Bertz CT molecular complexity index is 693. The molecular formula is C18H23ClN4. The van der Waals surface area contributed by atoms with E-state index in [0.29, 0.717) is 0 Å². The molecule has 0 spiro atoms. The Balaban J connectivity index is 1.84. The average molecular weight is 331 g/mol. The largest absolute Gasteiger partial charge is 0.356 e. The molecule has 2 heterocycles. The highest BCUT2D eigenvalue weighted by Crippen LogP contribution is 2.28. The molecule has 3 rings (SSSR count). The number of aromatic nitrogens is 2. The van der Waals surface area contributed by atoms with E-state index in [1.165, 1.54) is 12.8 Å². The number of nitrogens with one attached hydrogen (secondary N) is 1. The second-order valence-electron chi connectivity index (χ2n) is 6.37. The minimum atomic E-state index is 0.756. The summed E-state index contributed by atoms with van der Waals surface area (Å²) in [6.45, 7) is 8.38. The summed E-state index contributed by atoms with van der Waals surface area (Å²) >= 11 is 6.20. The van der Waals surface area contributed by atoms with Gasteiger partial charge in [0, 0.05) is 29.9 Å². The Kier molecular flexibility index (Phi) is 4.71. The van der Waals surface area contributed by atoms with E-state index in [0.717, 1.165) is 52.7 Å². The second kappa shape index (κ2) is 6.75. The van der Waals surface area contributed by atoms with E-state index < -0.39 is 0 Å². The number of nitrogens with zero attached hydrogens (tertiary/aromatic N) is 3. The van der Waals surface area contributed by atoms with Gasteiger partial charge in [-0.05, 0) is 50.3 Å². The van der Waals surface area contributed by atoms with E-state index in [4.69, 9.17) is 11.6 Å². The molecule has 0 bridgehead atoms. The van der Waals surface area contributed by atoms with Gasteiger partial charge in [-0.3, -0.25) is 0 Å². The van der Waals surface area contributed by atoms with Gasteiger partial charge in [-0.2, -0.15) is 0 Å². The average Bonchev–Trinajstić information content (AvgIpc) is 2.52. The van der Waals surface area contributed by atoms with Crippen molar-refractivity contribution in [3.63, 3.8) is 0 Å². The number of aryl methyl sites for hydroxylation is 1. The monoisotopic (exact) mass is 330 g/mol. The summed E-state index contributed by atoms with van der Waals surface area (Å²) in [6, 6.07) is 7.89. The molecule has 1 N–H and O–H groups in total. The molecule has 0 aliphatic carbocycles. The molecule has 4 nitrogen and oxygen atoms in total. The lowest BCUT2D eigenvalue weighted by Gasteiger charge is -2.31. The quantitative estimate of drug-likeness (QED) is 0.883. The molecule has 1 saturated heterocycles. The molecule has 0 unspecified atom stereocenters. The SMILES string of the molecule is Cc1nc(Nc2cccc(Cl)c2C)cc(N2CCC(C)CC2)n1. The lowest BCUT2D eigenvalue weighted by Crippen LogP contribution is -2.33. The van der Waals surface area contributed by atoms with Crippen LogP contribution in [0.5, 0.6) is 0 Å². The highest BCUT2D eigenvalue weighted by Gasteiger charge is 2.18. The number of rotatable bonds is 3. The summed E-state index contributed by atoms with van der Waals surface area (Å²) in [5.74, 6) is 3.41. The van der Waals surface area contributed by atoms with Crippen molar-refractivity contribution in [3.8, 4) is 0 Å². The Morgan fingerprint density at radius 2 is 1.91 bits per heavy atom. The van der Waals surface area contributed by atoms with Crippen molar-refractivity contribution < 1.29 is 0 Å². The molecule has 23 heavy (non-hydrogen) atoms. The van der Waals surface area contributed by atoms with Crippen molar-refractivity contribution in [2.45, 2.75) is 33.6 Å². The summed E-state index contributed by atoms with van der Waals surface area (Å²) in [6.07, 6.45) is 2.44. The first-order valence-electron chi connectivity index (χ1n) is 8.15. The van der Waals surface area contributed by atoms with E-state index in [1.807, 2.05) is 38.1 Å². The standard InChI is InChI=1S/C18H23ClN4/c1-12-7-9-23(10-8-12)18-11-17(20-14(3)21-18)22-16-6-4-5-15(19)13(16)2/h4-6,11-12H,7-10H2,1-3H3,(H,20,21,22). The van der Waals surface area contributed by atoms with Gasteiger partial charge in [-0.25, -0.2) is 9.97 Å².